The molecule has 1 heterocycles. The number of nitrogens with one attached hydrogen (secondary N) is 1. The molecule has 3 N–H and O–H groups in total. The van der Waals surface area contributed by atoms with Crippen molar-refractivity contribution >= 4 is 17.7 Å². The Balaban J connectivity index is 1.51. The first-order chi connectivity index (χ1) is 14.4. The number of aromatic nitrogens is 3. The number of benzene rings is 1. The van der Waals surface area contributed by atoms with Crippen LogP contribution in [0.2, 0.25) is 0 Å². The number of nitrogens with two attached hydrogens (primary N) is 1. The smallest absolute Gasteiger partial charge is 0.233 e. The number of hydrogen-bond acceptors (Lipinski definition) is 6. The summed E-state index contributed by atoms with van der Waals surface area (Å²) in [6.45, 7) is 6.40. The van der Waals surface area contributed by atoms with Crippen LogP contribution >= 0.6 is 11.8 Å². The number of amides is 1. The zero-order valence-corrected chi connectivity index (χ0v) is 19.0. The van der Waals surface area contributed by atoms with Gasteiger partial charge in [-0.1, -0.05) is 63.4 Å². The van der Waals surface area contributed by atoms with Crippen molar-refractivity contribution in [2.24, 2.45) is 0 Å². The maximum Gasteiger partial charge on any atom is 0.233 e. The van der Waals surface area contributed by atoms with E-state index in [2.05, 4.69) is 41.5 Å². The molecule has 1 fully saturated rings. The number of hydrogen-bond donors (Lipinski definition) is 2. The standard InChI is InChI=1S/C22H33N5O2S/c1-15(2)17-10-12-19(13-11-17)29-14-20-25-26-22(27(20)23)30-16(3)21(28)24-18-8-6-4-5-7-9-18/h10-13,15-16,18H,4-9,14,23H2,1-3H3,(H,24,28)/t16-/m0/s1. The van der Waals surface area contributed by atoms with Crippen molar-refractivity contribution in [3.63, 3.8) is 0 Å². The summed E-state index contributed by atoms with van der Waals surface area (Å²) in [5.41, 5.74) is 1.26. The molecule has 0 radical (unpaired) electrons. The Bertz CT molecular complexity index is 813. The number of rotatable bonds is 8. The van der Waals surface area contributed by atoms with Crippen LogP contribution in [0.4, 0.5) is 0 Å². The van der Waals surface area contributed by atoms with Crippen LogP contribution < -0.4 is 15.9 Å². The molecule has 1 atom stereocenters. The lowest BCUT2D eigenvalue weighted by atomic mass is 10.0. The quantitative estimate of drug-likeness (QED) is 0.372. The third-order valence-corrected chi connectivity index (χ3v) is 6.56. The highest BCUT2D eigenvalue weighted by molar-refractivity contribution is 8.00. The van der Waals surface area contributed by atoms with E-state index in [0.717, 1.165) is 18.6 Å². The Morgan fingerprint density at radius 2 is 1.83 bits per heavy atom. The minimum atomic E-state index is -0.294. The van der Waals surface area contributed by atoms with Gasteiger partial charge in [0.15, 0.2) is 5.82 Å². The molecule has 0 unspecified atom stereocenters. The molecule has 1 aliphatic carbocycles. The van der Waals surface area contributed by atoms with Gasteiger partial charge in [-0.05, 0) is 43.4 Å². The van der Waals surface area contributed by atoms with E-state index in [1.54, 1.807) is 0 Å². The van der Waals surface area contributed by atoms with Gasteiger partial charge in [0.2, 0.25) is 11.1 Å². The highest BCUT2D eigenvalue weighted by Gasteiger charge is 2.22. The first-order valence-electron chi connectivity index (χ1n) is 10.8. The van der Waals surface area contributed by atoms with Crippen LogP contribution in [0.1, 0.15) is 76.6 Å². The predicted molar refractivity (Wildman–Crippen MR) is 120 cm³/mol. The van der Waals surface area contributed by atoms with Crippen LogP contribution in [0.25, 0.3) is 0 Å². The van der Waals surface area contributed by atoms with Gasteiger partial charge in [0.05, 0.1) is 5.25 Å². The molecule has 0 spiro atoms. The summed E-state index contributed by atoms with van der Waals surface area (Å²) in [7, 11) is 0. The lowest BCUT2D eigenvalue weighted by Gasteiger charge is -2.19. The second-order valence-corrected chi connectivity index (χ2v) is 9.55. The number of nitrogen functional groups attached to an aromatic ring is 1. The number of nitrogens with zero attached hydrogens (tertiary/aromatic N) is 3. The zero-order valence-electron chi connectivity index (χ0n) is 18.1. The Kier molecular flexibility index (Phi) is 8.01. The zero-order chi connectivity index (χ0) is 21.5. The van der Waals surface area contributed by atoms with E-state index in [0.29, 0.717) is 16.9 Å². The second-order valence-electron chi connectivity index (χ2n) is 8.24. The molecule has 7 nitrogen and oxygen atoms in total. The van der Waals surface area contributed by atoms with Gasteiger partial charge < -0.3 is 15.9 Å². The van der Waals surface area contributed by atoms with E-state index in [4.69, 9.17) is 10.6 Å². The summed E-state index contributed by atoms with van der Waals surface area (Å²) in [5.74, 6) is 7.92. The van der Waals surface area contributed by atoms with Gasteiger partial charge in [-0.3, -0.25) is 4.79 Å². The Morgan fingerprint density at radius 1 is 1.17 bits per heavy atom. The summed E-state index contributed by atoms with van der Waals surface area (Å²) in [6.07, 6.45) is 7.03. The number of carbonyl (C=O) groups excluding carboxylic acids is 1. The molecule has 1 aromatic heterocycles. The molecular formula is C22H33N5O2S. The molecule has 1 aliphatic rings. The Labute approximate surface area is 183 Å². The van der Waals surface area contributed by atoms with Gasteiger partial charge in [-0.15, -0.1) is 10.2 Å². The van der Waals surface area contributed by atoms with Crippen molar-refractivity contribution in [1.29, 1.82) is 0 Å². The number of ether oxygens (including phenoxy) is 1. The first kappa shape index (κ1) is 22.5. The minimum absolute atomic E-state index is 0.0259. The first-order valence-corrected chi connectivity index (χ1v) is 11.7. The summed E-state index contributed by atoms with van der Waals surface area (Å²) < 4.78 is 7.20. The van der Waals surface area contributed by atoms with Crippen molar-refractivity contribution in [2.45, 2.75) is 88.3 Å². The van der Waals surface area contributed by atoms with Gasteiger partial charge in [0, 0.05) is 6.04 Å². The molecule has 1 aromatic carbocycles. The van der Waals surface area contributed by atoms with E-state index in [-0.39, 0.29) is 23.8 Å². The number of thioether (sulfide) groups is 1. The van der Waals surface area contributed by atoms with Crippen molar-refractivity contribution < 1.29 is 9.53 Å². The molecule has 0 aliphatic heterocycles. The molecule has 8 heteroatoms. The van der Waals surface area contributed by atoms with Crippen molar-refractivity contribution in [3.05, 3.63) is 35.7 Å². The summed E-state index contributed by atoms with van der Waals surface area (Å²) >= 11 is 1.32. The Hall–Kier alpha value is -2.22. The van der Waals surface area contributed by atoms with Crippen molar-refractivity contribution in [3.8, 4) is 5.75 Å². The van der Waals surface area contributed by atoms with Crippen LogP contribution in [0, 0.1) is 0 Å². The van der Waals surface area contributed by atoms with Crippen LogP contribution in [-0.2, 0) is 11.4 Å². The largest absolute Gasteiger partial charge is 0.486 e. The molecule has 0 bridgehead atoms. The lowest BCUT2D eigenvalue weighted by molar-refractivity contribution is -0.121. The topological polar surface area (TPSA) is 95.1 Å². The van der Waals surface area contributed by atoms with Crippen LogP contribution in [-0.4, -0.2) is 32.1 Å². The molecule has 164 valence electrons. The van der Waals surface area contributed by atoms with Crippen molar-refractivity contribution in [1.82, 2.24) is 20.2 Å². The van der Waals surface area contributed by atoms with Gasteiger partial charge in [0.25, 0.3) is 0 Å². The van der Waals surface area contributed by atoms with E-state index >= 15 is 0 Å². The minimum Gasteiger partial charge on any atom is -0.486 e. The van der Waals surface area contributed by atoms with E-state index in [1.807, 2.05) is 19.1 Å². The van der Waals surface area contributed by atoms with E-state index in [9.17, 15) is 4.79 Å². The maximum absolute atomic E-state index is 12.6. The second kappa shape index (κ2) is 10.7. The summed E-state index contributed by atoms with van der Waals surface area (Å²) in [5, 5.41) is 11.7. The van der Waals surface area contributed by atoms with E-state index < -0.39 is 0 Å². The average molecular weight is 432 g/mol. The van der Waals surface area contributed by atoms with Crippen molar-refractivity contribution in [2.75, 3.05) is 5.84 Å². The molecule has 0 saturated heterocycles. The van der Waals surface area contributed by atoms with Crippen LogP contribution in [0.15, 0.2) is 29.4 Å². The fourth-order valence-electron chi connectivity index (χ4n) is 3.54. The van der Waals surface area contributed by atoms with Gasteiger partial charge in [-0.2, -0.15) is 0 Å². The summed E-state index contributed by atoms with van der Waals surface area (Å²) in [4.78, 5) is 12.6. The highest BCUT2D eigenvalue weighted by Crippen LogP contribution is 2.23. The predicted octanol–water partition coefficient (Wildman–Crippen LogP) is 4.01. The van der Waals surface area contributed by atoms with Gasteiger partial charge >= 0.3 is 0 Å². The van der Waals surface area contributed by atoms with Gasteiger partial charge in [0.1, 0.15) is 12.4 Å². The molecule has 1 saturated carbocycles. The fraction of sp³-hybridized carbons (Fsp3) is 0.591. The van der Waals surface area contributed by atoms with Crippen LogP contribution in [0.5, 0.6) is 5.75 Å². The molecule has 2 aromatic rings. The SMILES string of the molecule is CC(C)c1ccc(OCc2nnc(S[C@@H](C)C(=O)NC3CCCCCC3)n2N)cc1. The van der Waals surface area contributed by atoms with Crippen LogP contribution in [0.3, 0.4) is 0 Å². The average Bonchev–Trinajstić information content (AvgIpc) is 2.92. The molecular weight excluding hydrogens is 398 g/mol. The number of carbonyl (C=O) groups is 1. The Morgan fingerprint density at radius 3 is 2.47 bits per heavy atom. The molecule has 30 heavy (non-hydrogen) atoms. The third kappa shape index (κ3) is 6.14. The highest BCUT2D eigenvalue weighted by atomic mass is 32.2. The van der Waals surface area contributed by atoms with Gasteiger partial charge in [-0.25, -0.2) is 4.68 Å². The van der Waals surface area contributed by atoms with E-state index in [1.165, 1.54) is 47.7 Å². The third-order valence-electron chi connectivity index (χ3n) is 5.50. The monoisotopic (exact) mass is 431 g/mol. The normalized spacial score (nSPS) is 16.3. The molecule has 3 rings (SSSR count). The lowest BCUT2D eigenvalue weighted by Crippen LogP contribution is -2.39. The summed E-state index contributed by atoms with van der Waals surface area (Å²) in [6, 6.07) is 8.29. The molecule has 1 amide bonds. The maximum atomic E-state index is 12.6. The fourth-order valence-corrected chi connectivity index (χ4v) is 4.33.